The van der Waals surface area contributed by atoms with E-state index in [2.05, 4.69) is 26.6 Å². The molecule has 0 aromatic carbocycles. The summed E-state index contributed by atoms with van der Waals surface area (Å²) in [4.78, 5) is 12.5. The Hall–Kier alpha value is -0.430. The van der Waals surface area contributed by atoms with Gasteiger partial charge in [-0.25, -0.2) is 0 Å². The van der Waals surface area contributed by atoms with Crippen LogP contribution < -0.4 is 10.6 Å². The van der Waals surface area contributed by atoms with Crippen molar-refractivity contribution in [1.82, 2.24) is 10.6 Å². The standard InChI is InChI=1S/C10H15BrN2O2S/c1-15-5-4-13-10(14)7-12-6-8-2-3-9(11)16-8/h2-3,12H,4-7H2,1H3,(H,13,14). The predicted octanol–water partition coefficient (Wildman–Crippen LogP) is 1.36. The van der Waals surface area contributed by atoms with E-state index in [1.165, 1.54) is 4.88 Å². The molecule has 0 bridgehead atoms. The molecule has 16 heavy (non-hydrogen) atoms. The smallest absolute Gasteiger partial charge is 0.234 e. The first-order valence-electron chi connectivity index (χ1n) is 4.93. The molecule has 0 fully saturated rings. The van der Waals surface area contributed by atoms with E-state index in [0.717, 1.165) is 3.79 Å². The maximum Gasteiger partial charge on any atom is 0.234 e. The third kappa shape index (κ3) is 5.60. The fourth-order valence-corrected chi connectivity index (χ4v) is 2.55. The summed E-state index contributed by atoms with van der Waals surface area (Å²) in [5.41, 5.74) is 0. The van der Waals surface area contributed by atoms with Gasteiger partial charge in [-0.05, 0) is 28.1 Å². The van der Waals surface area contributed by atoms with Crippen molar-refractivity contribution in [2.45, 2.75) is 6.54 Å². The summed E-state index contributed by atoms with van der Waals surface area (Å²) in [5, 5.41) is 5.82. The highest BCUT2D eigenvalue weighted by atomic mass is 79.9. The molecule has 4 nitrogen and oxygen atoms in total. The van der Waals surface area contributed by atoms with Crippen molar-refractivity contribution in [1.29, 1.82) is 0 Å². The van der Waals surface area contributed by atoms with Crippen molar-refractivity contribution in [2.24, 2.45) is 0 Å². The lowest BCUT2D eigenvalue weighted by Gasteiger charge is -2.05. The Morgan fingerprint density at radius 2 is 2.38 bits per heavy atom. The van der Waals surface area contributed by atoms with E-state index in [9.17, 15) is 4.79 Å². The van der Waals surface area contributed by atoms with Gasteiger partial charge in [-0.2, -0.15) is 0 Å². The first-order valence-corrected chi connectivity index (χ1v) is 6.54. The van der Waals surface area contributed by atoms with Gasteiger partial charge < -0.3 is 15.4 Å². The molecule has 2 N–H and O–H groups in total. The molecule has 0 aliphatic heterocycles. The Morgan fingerprint density at radius 1 is 1.56 bits per heavy atom. The quantitative estimate of drug-likeness (QED) is 0.748. The topological polar surface area (TPSA) is 50.4 Å². The van der Waals surface area contributed by atoms with Crippen LogP contribution >= 0.6 is 27.3 Å². The van der Waals surface area contributed by atoms with Crippen molar-refractivity contribution < 1.29 is 9.53 Å². The van der Waals surface area contributed by atoms with E-state index in [1.54, 1.807) is 18.4 Å². The third-order valence-electron chi connectivity index (χ3n) is 1.84. The normalized spacial score (nSPS) is 10.4. The van der Waals surface area contributed by atoms with Crippen LogP contribution in [0.4, 0.5) is 0 Å². The van der Waals surface area contributed by atoms with Gasteiger partial charge in [0.25, 0.3) is 0 Å². The molecule has 0 radical (unpaired) electrons. The molecule has 1 heterocycles. The first-order chi connectivity index (χ1) is 7.72. The number of hydrogen-bond acceptors (Lipinski definition) is 4. The van der Waals surface area contributed by atoms with Crippen molar-refractivity contribution in [3.05, 3.63) is 20.8 Å². The summed E-state index contributed by atoms with van der Waals surface area (Å²) in [6.07, 6.45) is 0. The minimum atomic E-state index is -0.00679. The number of carbonyl (C=O) groups is 1. The molecule has 1 rings (SSSR count). The van der Waals surface area contributed by atoms with E-state index in [1.807, 2.05) is 12.1 Å². The number of thiophene rings is 1. The number of nitrogens with one attached hydrogen (secondary N) is 2. The molecule has 90 valence electrons. The van der Waals surface area contributed by atoms with Gasteiger partial charge in [-0.1, -0.05) is 0 Å². The Bertz CT molecular complexity index is 330. The van der Waals surface area contributed by atoms with Crippen LogP contribution in [0.1, 0.15) is 4.88 Å². The van der Waals surface area contributed by atoms with Crippen LogP contribution in [0.2, 0.25) is 0 Å². The van der Waals surface area contributed by atoms with Crippen molar-refractivity contribution in [2.75, 3.05) is 26.8 Å². The minimum Gasteiger partial charge on any atom is -0.383 e. The summed E-state index contributed by atoms with van der Waals surface area (Å²) in [6, 6.07) is 4.03. The molecule has 1 aromatic heterocycles. The highest BCUT2D eigenvalue weighted by Gasteiger charge is 2.01. The Morgan fingerprint density at radius 3 is 3.00 bits per heavy atom. The van der Waals surface area contributed by atoms with Crippen LogP contribution in [0.3, 0.4) is 0 Å². The minimum absolute atomic E-state index is 0.00679. The van der Waals surface area contributed by atoms with Gasteiger partial charge in [0.15, 0.2) is 0 Å². The Kier molecular flexibility index (Phi) is 6.63. The molecule has 6 heteroatoms. The molecule has 0 saturated carbocycles. The second kappa shape index (κ2) is 7.78. The molecule has 0 spiro atoms. The zero-order valence-corrected chi connectivity index (χ0v) is 11.5. The number of carbonyl (C=O) groups excluding carboxylic acids is 1. The second-order valence-corrected chi connectivity index (χ2v) is 5.70. The first kappa shape index (κ1) is 13.6. The number of rotatable bonds is 7. The van der Waals surface area contributed by atoms with Crippen molar-refractivity contribution in [3.63, 3.8) is 0 Å². The number of hydrogen-bond donors (Lipinski definition) is 2. The highest BCUT2D eigenvalue weighted by Crippen LogP contribution is 2.21. The molecular formula is C10H15BrN2O2S. The number of amides is 1. The molecule has 0 atom stereocenters. The molecular weight excluding hydrogens is 292 g/mol. The van der Waals surface area contributed by atoms with E-state index in [0.29, 0.717) is 26.2 Å². The predicted molar refractivity (Wildman–Crippen MR) is 68.6 cm³/mol. The average molecular weight is 307 g/mol. The number of methoxy groups -OCH3 is 1. The number of ether oxygens (including phenoxy) is 1. The van der Waals surface area contributed by atoms with Crippen LogP contribution in [-0.2, 0) is 16.1 Å². The molecule has 0 aliphatic rings. The molecule has 1 aromatic rings. The average Bonchev–Trinajstić information content (AvgIpc) is 2.65. The fraction of sp³-hybridized carbons (Fsp3) is 0.500. The van der Waals surface area contributed by atoms with Gasteiger partial charge in [0.2, 0.25) is 5.91 Å². The summed E-state index contributed by atoms with van der Waals surface area (Å²) in [7, 11) is 1.61. The lowest BCUT2D eigenvalue weighted by atomic mass is 10.4. The summed E-state index contributed by atoms with van der Waals surface area (Å²) in [5.74, 6) is -0.00679. The van der Waals surface area contributed by atoms with Crippen LogP contribution in [0, 0.1) is 0 Å². The van der Waals surface area contributed by atoms with E-state index in [-0.39, 0.29) is 5.91 Å². The van der Waals surface area contributed by atoms with Crippen LogP contribution in [0.5, 0.6) is 0 Å². The van der Waals surface area contributed by atoms with Gasteiger partial charge in [-0.15, -0.1) is 11.3 Å². The van der Waals surface area contributed by atoms with Gasteiger partial charge in [-0.3, -0.25) is 4.79 Å². The Balaban J connectivity index is 2.08. The van der Waals surface area contributed by atoms with Crippen LogP contribution in [0.25, 0.3) is 0 Å². The van der Waals surface area contributed by atoms with Gasteiger partial charge in [0.1, 0.15) is 0 Å². The van der Waals surface area contributed by atoms with Crippen LogP contribution in [-0.4, -0.2) is 32.7 Å². The molecule has 0 unspecified atom stereocenters. The lowest BCUT2D eigenvalue weighted by Crippen LogP contribution is -2.35. The SMILES string of the molecule is COCCNC(=O)CNCc1ccc(Br)s1. The van der Waals surface area contributed by atoms with Crippen molar-refractivity contribution >= 4 is 33.2 Å². The largest absolute Gasteiger partial charge is 0.383 e. The van der Waals surface area contributed by atoms with Gasteiger partial charge in [0, 0.05) is 25.1 Å². The third-order valence-corrected chi connectivity index (χ3v) is 3.47. The van der Waals surface area contributed by atoms with Gasteiger partial charge >= 0.3 is 0 Å². The van der Waals surface area contributed by atoms with E-state index in [4.69, 9.17) is 4.74 Å². The Labute approximate surface area is 108 Å². The maximum absolute atomic E-state index is 11.3. The monoisotopic (exact) mass is 306 g/mol. The van der Waals surface area contributed by atoms with Gasteiger partial charge in [0.05, 0.1) is 16.9 Å². The summed E-state index contributed by atoms with van der Waals surface area (Å²) >= 11 is 5.06. The van der Waals surface area contributed by atoms with Crippen LogP contribution in [0.15, 0.2) is 15.9 Å². The van der Waals surface area contributed by atoms with Crippen molar-refractivity contribution in [3.8, 4) is 0 Å². The summed E-state index contributed by atoms with van der Waals surface area (Å²) < 4.78 is 5.94. The highest BCUT2D eigenvalue weighted by molar-refractivity contribution is 9.11. The molecule has 0 saturated heterocycles. The molecule has 0 aliphatic carbocycles. The zero-order chi connectivity index (χ0) is 11.8. The fourth-order valence-electron chi connectivity index (χ4n) is 1.10. The zero-order valence-electron chi connectivity index (χ0n) is 9.09. The van der Waals surface area contributed by atoms with E-state index < -0.39 is 0 Å². The summed E-state index contributed by atoms with van der Waals surface area (Å²) in [6.45, 7) is 2.15. The number of halogens is 1. The second-order valence-electron chi connectivity index (χ2n) is 3.15. The lowest BCUT2D eigenvalue weighted by molar-refractivity contribution is -0.120. The maximum atomic E-state index is 11.3. The molecule has 1 amide bonds. The van der Waals surface area contributed by atoms with E-state index >= 15 is 0 Å².